The molecule has 0 amide bonds. The van der Waals surface area contributed by atoms with Gasteiger partial charge in [0.25, 0.3) is 0 Å². The van der Waals surface area contributed by atoms with Gasteiger partial charge < -0.3 is 18.9 Å². The molecular weight excluding hydrogens is 1250 g/mol. The number of unbranched alkanes of at least 4 members (excludes halogenated alkanes) is 23. The molecule has 0 aromatic heterocycles. The van der Waals surface area contributed by atoms with Gasteiger partial charge in [-0.3, -0.25) is 18.6 Å². The van der Waals surface area contributed by atoms with Crippen molar-refractivity contribution in [1.29, 1.82) is 0 Å². The first-order chi connectivity index (χ1) is 49.0. The van der Waals surface area contributed by atoms with E-state index in [9.17, 15) is 19.0 Å². The van der Waals surface area contributed by atoms with Crippen LogP contribution in [0.2, 0.25) is 0 Å². The van der Waals surface area contributed by atoms with E-state index in [0.717, 1.165) is 154 Å². The van der Waals surface area contributed by atoms with Gasteiger partial charge in [-0.15, -0.1) is 0 Å². The molecule has 0 aliphatic carbocycles. The second-order valence-corrected chi connectivity index (χ2v) is 28.4. The maximum absolute atomic E-state index is 12.9. The minimum absolute atomic E-state index is 0.0172. The summed E-state index contributed by atoms with van der Waals surface area (Å²) in [5.41, 5.74) is 0. The van der Waals surface area contributed by atoms with Crippen LogP contribution in [0.5, 0.6) is 0 Å². The number of phosphoric acid groups is 1. The van der Waals surface area contributed by atoms with Crippen LogP contribution in [-0.2, 0) is 32.7 Å². The van der Waals surface area contributed by atoms with E-state index >= 15 is 0 Å². The fourth-order valence-corrected chi connectivity index (χ4v) is 11.1. The molecule has 10 heteroatoms. The number of hydrogen-bond donors (Lipinski definition) is 1. The molecule has 2 unspecified atom stereocenters. The van der Waals surface area contributed by atoms with Gasteiger partial charge in [0.05, 0.1) is 27.7 Å². The SMILES string of the molecule is CC/C=C\C/C=C\C/C=C\C/C=C\C/C=C\C/C=C\C/C=C\C/C=C\C/C=C\C/C=C\C/C=C\C/C=C\CCCCCCC(=O)OC(COC(=O)CCCCCCCCCCCCCCCCCCCCC/C=C\C/C=C\C/C=C\C/C=C\C/C=C\CC)COP(=O)(O)OCC[N+](C)(C)C. The van der Waals surface area contributed by atoms with E-state index in [1.54, 1.807) is 0 Å². The Hall–Kier alpha value is -5.41. The topological polar surface area (TPSA) is 108 Å². The third kappa shape index (κ3) is 81.6. The van der Waals surface area contributed by atoms with Crippen molar-refractivity contribution in [1.82, 2.24) is 0 Å². The highest BCUT2D eigenvalue weighted by Gasteiger charge is 2.27. The minimum Gasteiger partial charge on any atom is -0.462 e. The highest BCUT2D eigenvalue weighted by molar-refractivity contribution is 7.47. The van der Waals surface area contributed by atoms with Gasteiger partial charge in [0.1, 0.15) is 19.8 Å². The van der Waals surface area contributed by atoms with Crippen molar-refractivity contribution in [3.8, 4) is 0 Å². The summed E-state index contributed by atoms with van der Waals surface area (Å²) < 4.78 is 34.8. The van der Waals surface area contributed by atoms with Crippen LogP contribution in [0.3, 0.4) is 0 Å². The monoisotopic (exact) mass is 1400 g/mol. The number of esters is 2. The summed E-state index contributed by atoms with van der Waals surface area (Å²) in [6.45, 7) is 4.17. The molecule has 0 fully saturated rings. The Kier molecular flexibility index (Phi) is 73.5. The summed E-state index contributed by atoms with van der Waals surface area (Å²) in [5, 5.41) is 0. The van der Waals surface area contributed by atoms with E-state index < -0.39 is 26.5 Å². The maximum Gasteiger partial charge on any atom is 0.472 e. The Morgan fingerprint density at radius 3 is 0.800 bits per heavy atom. The standard InChI is InChI=1S/C90H146NO8P/c1-6-8-10-12-14-16-18-20-22-24-26-28-30-32-34-36-38-40-42-43-44-45-46-47-49-51-53-55-57-59-61-63-65-67-69-71-73-75-77-79-81-83-90(93)99-88(87-98-100(94,95)97-85-84-91(3,4)5)86-96-89(92)82-80-78-76-74-72-70-68-66-64-62-60-58-56-54-52-50-48-41-39-37-35-33-31-29-27-25-23-21-19-17-15-13-11-9-7-2/h8-11,14-17,20-23,26-29,32-35,38,40,43-44,46-47,51,53,57,59,63,65,69,71,88H,6-7,12-13,18-19,24-25,30-31,36-37,39,41-42,45,48-50,52,54-56,58,60-62,64,66-68,70,72-87H2,1-5H3/p+1/b10-8-,11-9-,16-14-,17-15-,22-20-,23-21-,28-26-,29-27-,34-32-,35-33-,40-38-,44-43-,47-46-,53-51-,59-57-,65-63-,71-69-. The van der Waals surface area contributed by atoms with Gasteiger partial charge in [-0.2, -0.15) is 0 Å². The summed E-state index contributed by atoms with van der Waals surface area (Å²) in [6, 6.07) is 0. The Morgan fingerprint density at radius 2 is 0.540 bits per heavy atom. The number of hydrogen-bond acceptors (Lipinski definition) is 7. The normalized spacial score (nSPS) is 14.2. The zero-order valence-electron chi connectivity index (χ0n) is 64.3. The lowest BCUT2D eigenvalue weighted by atomic mass is 10.0. The third-order valence-corrected chi connectivity index (χ3v) is 17.3. The van der Waals surface area contributed by atoms with Crippen LogP contribution in [0.25, 0.3) is 0 Å². The fraction of sp³-hybridized carbons (Fsp3) is 0.600. The number of allylic oxidation sites excluding steroid dienone is 34. The highest BCUT2D eigenvalue weighted by atomic mass is 31.2. The largest absolute Gasteiger partial charge is 0.472 e. The molecule has 0 aromatic carbocycles. The van der Waals surface area contributed by atoms with Crippen LogP contribution in [0.15, 0.2) is 207 Å². The van der Waals surface area contributed by atoms with Crippen LogP contribution in [-0.4, -0.2) is 74.9 Å². The van der Waals surface area contributed by atoms with Crippen LogP contribution in [0, 0.1) is 0 Å². The minimum atomic E-state index is -4.42. The number of rotatable bonds is 71. The second kappa shape index (κ2) is 77.7. The molecule has 0 aromatic rings. The van der Waals surface area contributed by atoms with Crippen molar-refractivity contribution in [3.63, 3.8) is 0 Å². The van der Waals surface area contributed by atoms with Gasteiger partial charge in [0.2, 0.25) is 0 Å². The van der Waals surface area contributed by atoms with Gasteiger partial charge in [0, 0.05) is 12.8 Å². The number of quaternary nitrogens is 1. The Balaban J connectivity index is 4.11. The Labute approximate surface area is 615 Å². The molecule has 0 rings (SSSR count). The van der Waals surface area contributed by atoms with Crippen LogP contribution < -0.4 is 0 Å². The van der Waals surface area contributed by atoms with Gasteiger partial charge >= 0.3 is 19.8 Å². The molecule has 0 saturated heterocycles. The van der Waals surface area contributed by atoms with Gasteiger partial charge in [0.15, 0.2) is 6.10 Å². The number of likely N-dealkylation sites (N-methyl/N-ethyl adjacent to an activating group) is 1. The number of nitrogens with zero attached hydrogens (tertiary/aromatic N) is 1. The molecule has 2 atom stereocenters. The lowest BCUT2D eigenvalue weighted by Gasteiger charge is -2.24. The van der Waals surface area contributed by atoms with Crippen LogP contribution in [0.1, 0.15) is 296 Å². The van der Waals surface area contributed by atoms with E-state index in [1.165, 1.54) is 109 Å². The molecule has 0 spiro atoms. The van der Waals surface area contributed by atoms with E-state index in [0.29, 0.717) is 17.4 Å². The van der Waals surface area contributed by atoms with Crippen molar-refractivity contribution >= 4 is 19.8 Å². The molecule has 0 bridgehead atoms. The van der Waals surface area contributed by atoms with E-state index in [2.05, 4.69) is 220 Å². The third-order valence-electron chi connectivity index (χ3n) is 16.3. The first kappa shape index (κ1) is 94.6. The maximum atomic E-state index is 12.9. The number of carbonyl (C=O) groups excluding carboxylic acids is 2. The molecule has 100 heavy (non-hydrogen) atoms. The van der Waals surface area contributed by atoms with E-state index in [4.69, 9.17) is 18.5 Å². The molecule has 0 aliphatic rings. The quantitative estimate of drug-likeness (QED) is 0.0211. The lowest BCUT2D eigenvalue weighted by Crippen LogP contribution is -2.37. The predicted molar refractivity (Wildman–Crippen MR) is 435 cm³/mol. The molecule has 0 radical (unpaired) electrons. The smallest absolute Gasteiger partial charge is 0.462 e. The summed E-state index contributed by atoms with van der Waals surface area (Å²) in [7, 11) is 1.44. The summed E-state index contributed by atoms with van der Waals surface area (Å²) in [4.78, 5) is 36.0. The molecule has 0 heterocycles. The average Bonchev–Trinajstić information content (AvgIpc) is 1.30. The van der Waals surface area contributed by atoms with Crippen molar-refractivity contribution < 1.29 is 42.1 Å². The number of ether oxygens (including phenoxy) is 2. The van der Waals surface area contributed by atoms with Gasteiger partial charge in [-0.25, -0.2) is 4.57 Å². The summed E-state index contributed by atoms with van der Waals surface area (Å²) in [6.07, 6.45) is 122. The van der Waals surface area contributed by atoms with Crippen molar-refractivity contribution in [2.75, 3.05) is 47.5 Å². The molecule has 564 valence electrons. The summed E-state index contributed by atoms with van der Waals surface area (Å²) in [5.74, 6) is -0.832. The van der Waals surface area contributed by atoms with Gasteiger partial charge in [-0.05, 0) is 148 Å². The zero-order valence-corrected chi connectivity index (χ0v) is 65.2. The number of phosphoric ester groups is 1. The average molecular weight is 1400 g/mol. The lowest BCUT2D eigenvalue weighted by molar-refractivity contribution is -0.870. The van der Waals surface area contributed by atoms with Crippen molar-refractivity contribution in [2.45, 2.75) is 302 Å². The summed E-state index contributed by atoms with van der Waals surface area (Å²) >= 11 is 0. The molecular formula is C90H147NO8P+. The highest BCUT2D eigenvalue weighted by Crippen LogP contribution is 2.43. The van der Waals surface area contributed by atoms with E-state index in [-0.39, 0.29) is 32.0 Å². The van der Waals surface area contributed by atoms with Crippen LogP contribution >= 0.6 is 7.82 Å². The first-order valence-electron chi connectivity index (χ1n) is 39.8. The van der Waals surface area contributed by atoms with E-state index in [1.807, 2.05) is 21.1 Å². The van der Waals surface area contributed by atoms with Crippen molar-refractivity contribution in [2.24, 2.45) is 0 Å². The fourth-order valence-electron chi connectivity index (χ4n) is 10.3. The molecule has 0 aliphatic heterocycles. The molecule has 1 N–H and O–H groups in total. The molecule has 9 nitrogen and oxygen atoms in total. The Morgan fingerprint density at radius 1 is 0.310 bits per heavy atom. The second-order valence-electron chi connectivity index (χ2n) is 27.0. The first-order valence-corrected chi connectivity index (χ1v) is 41.3. The van der Waals surface area contributed by atoms with Gasteiger partial charge in [-0.1, -0.05) is 342 Å². The Bertz CT molecular complexity index is 2450. The number of carbonyl (C=O) groups is 2. The van der Waals surface area contributed by atoms with Crippen LogP contribution in [0.4, 0.5) is 0 Å². The van der Waals surface area contributed by atoms with Crippen molar-refractivity contribution in [3.05, 3.63) is 207 Å². The molecule has 0 saturated carbocycles. The predicted octanol–water partition coefficient (Wildman–Crippen LogP) is 26.9. The zero-order chi connectivity index (χ0) is 72.5.